The van der Waals surface area contributed by atoms with Gasteiger partial charge in [-0.3, -0.25) is 4.79 Å². The van der Waals surface area contributed by atoms with Crippen molar-refractivity contribution in [2.24, 2.45) is 11.3 Å². The Morgan fingerprint density at radius 2 is 1.78 bits per heavy atom. The van der Waals surface area contributed by atoms with Gasteiger partial charge in [0.25, 0.3) is 0 Å². The first-order valence-electron chi connectivity index (χ1n) is 12.3. The third-order valence-electron chi connectivity index (χ3n) is 9.37. The van der Waals surface area contributed by atoms with Crippen LogP contribution in [0, 0.1) is 11.3 Å². The standard InChI is InChI=1S/C25H46O6Si/c1-22(2,3)32(7,8)31-21-10-9-20-23(21,4)13-14-24(28-6)17-19(26)11-12-25(20,24)30-18-29-16-15-27-5/h20-21H,9-18H2,1-8H3/t20-,21+,23+,24+,25+/m1/s1. The third kappa shape index (κ3) is 4.38. The highest BCUT2D eigenvalue weighted by atomic mass is 28.4. The van der Waals surface area contributed by atoms with E-state index in [0.29, 0.717) is 32.5 Å². The quantitative estimate of drug-likeness (QED) is 0.265. The predicted octanol–water partition coefficient (Wildman–Crippen LogP) is 5.10. The summed E-state index contributed by atoms with van der Waals surface area (Å²) in [5.74, 6) is 0.555. The number of carbonyl (C=O) groups excluding carboxylic acids is 1. The molecule has 6 nitrogen and oxygen atoms in total. The van der Waals surface area contributed by atoms with Crippen LogP contribution in [-0.4, -0.2) is 65.6 Å². The minimum atomic E-state index is -1.90. The van der Waals surface area contributed by atoms with Crippen molar-refractivity contribution in [2.75, 3.05) is 34.2 Å². The lowest BCUT2D eigenvalue weighted by atomic mass is 9.51. The Morgan fingerprint density at radius 1 is 1.06 bits per heavy atom. The van der Waals surface area contributed by atoms with E-state index in [2.05, 4.69) is 40.8 Å². The molecule has 3 aliphatic rings. The molecule has 0 heterocycles. The summed E-state index contributed by atoms with van der Waals surface area (Å²) in [6.07, 6.45) is 5.78. The van der Waals surface area contributed by atoms with Gasteiger partial charge in [0, 0.05) is 27.1 Å². The molecule has 0 aliphatic heterocycles. The molecule has 0 aromatic rings. The first kappa shape index (κ1) is 26.3. The van der Waals surface area contributed by atoms with E-state index >= 15 is 0 Å². The van der Waals surface area contributed by atoms with Crippen LogP contribution in [0.25, 0.3) is 0 Å². The average Bonchev–Trinajstić information content (AvgIpc) is 3.04. The van der Waals surface area contributed by atoms with Crippen molar-refractivity contribution >= 4 is 14.1 Å². The molecule has 0 amide bonds. The van der Waals surface area contributed by atoms with Gasteiger partial charge in [-0.1, -0.05) is 27.7 Å². The summed E-state index contributed by atoms with van der Waals surface area (Å²) in [4.78, 5) is 12.6. The Hall–Kier alpha value is -0.313. The molecule has 0 aromatic heterocycles. The van der Waals surface area contributed by atoms with Gasteiger partial charge in [-0.15, -0.1) is 0 Å². The number of hydrogen-bond donors (Lipinski definition) is 0. The van der Waals surface area contributed by atoms with Crippen LogP contribution >= 0.6 is 0 Å². The van der Waals surface area contributed by atoms with Crippen molar-refractivity contribution in [3.05, 3.63) is 0 Å². The van der Waals surface area contributed by atoms with E-state index in [4.69, 9.17) is 23.4 Å². The van der Waals surface area contributed by atoms with Crippen LogP contribution in [0.5, 0.6) is 0 Å². The summed E-state index contributed by atoms with van der Waals surface area (Å²) in [6, 6.07) is 0. The second kappa shape index (κ2) is 9.38. The Bertz CT molecular complexity index is 676. The lowest BCUT2D eigenvalue weighted by molar-refractivity contribution is -0.299. The predicted molar refractivity (Wildman–Crippen MR) is 127 cm³/mol. The lowest BCUT2D eigenvalue weighted by Crippen LogP contribution is -2.70. The van der Waals surface area contributed by atoms with Crippen LogP contribution in [0.3, 0.4) is 0 Å². The second-order valence-corrected chi connectivity index (χ2v) is 16.7. The molecule has 32 heavy (non-hydrogen) atoms. The Labute approximate surface area is 196 Å². The highest BCUT2D eigenvalue weighted by Gasteiger charge is 2.70. The van der Waals surface area contributed by atoms with Crippen LogP contribution in [0.4, 0.5) is 0 Å². The maximum atomic E-state index is 12.6. The van der Waals surface area contributed by atoms with Gasteiger partial charge in [0.15, 0.2) is 8.32 Å². The van der Waals surface area contributed by atoms with Crippen LogP contribution in [-0.2, 0) is 28.2 Å². The number of hydrogen-bond acceptors (Lipinski definition) is 6. The monoisotopic (exact) mass is 470 g/mol. The molecule has 3 saturated carbocycles. The van der Waals surface area contributed by atoms with Crippen molar-refractivity contribution < 1.29 is 28.2 Å². The summed E-state index contributed by atoms with van der Waals surface area (Å²) in [5, 5.41) is 0.174. The van der Waals surface area contributed by atoms with Crippen molar-refractivity contribution in [3.8, 4) is 0 Å². The molecule has 0 bridgehead atoms. The van der Waals surface area contributed by atoms with Crippen LogP contribution in [0.2, 0.25) is 18.1 Å². The van der Waals surface area contributed by atoms with Gasteiger partial charge in [0.05, 0.1) is 19.3 Å². The van der Waals surface area contributed by atoms with Crippen molar-refractivity contribution in [1.29, 1.82) is 0 Å². The SMILES string of the molecule is COCCOCO[C@]12CCC(=O)C[C@@]1(OC)CC[C@]1(C)[C@@H](O[Si](C)(C)C(C)(C)C)CC[C@H]12. The highest BCUT2D eigenvalue weighted by molar-refractivity contribution is 6.74. The van der Waals surface area contributed by atoms with Gasteiger partial charge >= 0.3 is 0 Å². The molecular weight excluding hydrogens is 424 g/mol. The maximum Gasteiger partial charge on any atom is 0.192 e. The largest absolute Gasteiger partial charge is 0.413 e. The van der Waals surface area contributed by atoms with Crippen molar-refractivity contribution in [3.63, 3.8) is 0 Å². The van der Waals surface area contributed by atoms with Gasteiger partial charge in [0.1, 0.15) is 23.8 Å². The van der Waals surface area contributed by atoms with Crippen LogP contribution in [0.1, 0.15) is 72.6 Å². The number of ether oxygens (including phenoxy) is 4. The number of fused-ring (bicyclic) bond motifs is 3. The molecule has 0 radical (unpaired) electrons. The highest BCUT2D eigenvalue weighted by Crippen LogP contribution is 2.65. The fraction of sp³-hybridized carbons (Fsp3) is 0.960. The van der Waals surface area contributed by atoms with Crippen LogP contribution in [0.15, 0.2) is 0 Å². The Balaban J connectivity index is 1.91. The topological polar surface area (TPSA) is 63.2 Å². The van der Waals surface area contributed by atoms with E-state index < -0.39 is 19.5 Å². The van der Waals surface area contributed by atoms with Crippen molar-refractivity contribution in [2.45, 2.75) is 108 Å². The number of methoxy groups -OCH3 is 2. The van der Waals surface area contributed by atoms with Gasteiger partial charge in [0.2, 0.25) is 0 Å². The summed E-state index contributed by atoms with van der Waals surface area (Å²) >= 11 is 0. The number of rotatable bonds is 9. The third-order valence-corrected chi connectivity index (χ3v) is 13.9. The number of carbonyl (C=O) groups is 1. The van der Waals surface area contributed by atoms with Gasteiger partial charge in [-0.05, 0) is 61.6 Å². The van der Waals surface area contributed by atoms with E-state index in [-0.39, 0.29) is 35.1 Å². The fourth-order valence-corrected chi connectivity index (χ4v) is 7.85. The average molecular weight is 471 g/mol. The molecular formula is C25H46O6Si. The van der Waals surface area contributed by atoms with E-state index in [0.717, 1.165) is 25.7 Å². The zero-order chi connectivity index (χ0) is 23.8. The van der Waals surface area contributed by atoms with Gasteiger partial charge in [-0.25, -0.2) is 0 Å². The molecule has 0 spiro atoms. The molecule has 3 aliphatic carbocycles. The molecule has 186 valence electrons. The molecule has 7 heteroatoms. The minimum absolute atomic E-state index is 0.00443. The van der Waals surface area contributed by atoms with E-state index in [1.165, 1.54) is 0 Å². The summed E-state index contributed by atoms with van der Waals surface area (Å²) in [6.45, 7) is 15.2. The molecule has 3 fully saturated rings. The van der Waals surface area contributed by atoms with Crippen LogP contribution < -0.4 is 0 Å². The number of ketones is 1. The second-order valence-electron chi connectivity index (χ2n) is 12.0. The summed E-state index contributed by atoms with van der Waals surface area (Å²) < 4.78 is 30.8. The zero-order valence-corrected chi connectivity index (χ0v) is 22.7. The molecule has 0 N–H and O–H groups in total. The molecule has 3 rings (SSSR count). The van der Waals surface area contributed by atoms with E-state index in [1.807, 2.05) is 0 Å². The van der Waals surface area contributed by atoms with Crippen molar-refractivity contribution in [1.82, 2.24) is 0 Å². The normalized spacial score (nSPS) is 37.9. The first-order valence-corrected chi connectivity index (χ1v) is 15.2. The summed E-state index contributed by atoms with van der Waals surface area (Å²) in [7, 11) is 1.52. The minimum Gasteiger partial charge on any atom is -0.413 e. The van der Waals surface area contributed by atoms with Gasteiger partial charge < -0.3 is 23.4 Å². The molecule has 0 aromatic carbocycles. The number of Topliss-reactive ketones (excluding diaryl/α,β-unsaturated/α-hetero) is 1. The molecule has 0 unspecified atom stereocenters. The molecule has 0 saturated heterocycles. The fourth-order valence-electron chi connectivity index (χ4n) is 6.40. The Kier molecular flexibility index (Phi) is 7.71. The lowest BCUT2D eigenvalue weighted by Gasteiger charge is -2.62. The Morgan fingerprint density at radius 3 is 2.41 bits per heavy atom. The molecule has 5 atom stereocenters. The van der Waals surface area contributed by atoms with Gasteiger partial charge in [-0.2, -0.15) is 0 Å². The zero-order valence-electron chi connectivity index (χ0n) is 21.7. The smallest absolute Gasteiger partial charge is 0.192 e. The first-order chi connectivity index (χ1) is 14.9. The maximum absolute atomic E-state index is 12.6. The van der Waals surface area contributed by atoms with E-state index in [9.17, 15) is 4.79 Å². The van der Waals surface area contributed by atoms with E-state index in [1.54, 1.807) is 14.2 Å². The summed E-state index contributed by atoms with van der Waals surface area (Å²) in [5.41, 5.74) is -1.10.